The van der Waals surface area contributed by atoms with Crippen molar-refractivity contribution < 1.29 is 35.8 Å². The van der Waals surface area contributed by atoms with Gasteiger partial charge in [-0.2, -0.15) is 18.4 Å². The molecule has 0 amide bonds. The van der Waals surface area contributed by atoms with Gasteiger partial charge in [0.25, 0.3) is 4.90 Å². The number of rotatable bonds is 3. The molecule has 0 saturated heterocycles. The predicted octanol–water partition coefficient (Wildman–Crippen LogP) is 4.61. The highest BCUT2D eigenvalue weighted by Gasteiger charge is 2.54. The fourth-order valence-corrected chi connectivity index (χ4v) is 3.47. The number of nitriles is 1. The topological polar surface area (TPSA) is 108 Å². The van der Waals surface area contributed by atoms with Crippen molar-refractivity contribution in [2.75, 3.05) is 0 Å². The quantitative estimate of drug-likeness (QED) is 0.284. The normalized spacial score (nSPS) is 13.3. The van der Waals surface area contributed by atoms with E-state index in [-0.39, 0.29) is 4.68 Å². The van der Waals surface area contributed by atoms with Crippen molar-refractivity contribution >= 4 is 40.2 Å². The van der Waals surface area contributed by atoms with Crippen LogP contribution in [-0.4, -0.2) is 24.8 Å². The van der Waals surface area contributed by atoms with E-state index in [0.717, 1.165) is 6.07 Å². The molecule has 0 aliphatic carbocycles. The standard InChI is InChI=1S/C12H2Cl2F6N4O3S/c13-5-1-4(11(15,16)17)2-6(14)8(5)23-10(24(25)26)9(7(3-21)22-23)28(27)12(18,19)20/h1-2H. The molecule has 0 bridgehead atoms. The summed E-state index contributed by atoms with van der Waals surface area (Å²) < 4.78 is 88.5. The second-order valence-corrected chi connectivity index (χ2v) is 7.01. The van der Waals surface area contributed by atoms with Crippen LogP contribution in [0.15, 0.2) is 17.0 Å². The minimum atomic E-state index is -5.49. The molecule has 1 unspecified atom stereocenters. The van der Waals surface area contributed by atoms with E-state index in [1.807, 2.05) is 0 Å². The maximum Gasteiger partial charge on any atom is 0.578 e. The first kappa shape index (κ1) is 22.1. The summed E-state index contributed by atoms with van der Waals surface area (Å²) >= 11 is 7.31. The number of benzene rings is 1. The smallest absolute Gasteiger partial charge is 0.578 e. The monoisotopic (exact) mass is 466 g/mol. The van der Waals surface area contributed by atoms with E-state index in [2.05, 4.69) is 5.10 Å². The summed E-state index contributed by atoms with van der Waals surface area (Å²) in [6.07, 6.45) is -4.90. The van der Waals surface area contributed by atoms with Crippen molar-refractivity contribution in [3.8, 4) is 11.8 Å². The molecule has 1 heterocycles. The Bertz CT molecular complexity index is 978. The summed E-state index contributed by atoms with van der Waals surface area (Å²) in [7, 11) is 0. The first-order valence-electron chi connectivity index (χ1n) is 6.42. The summed E-state index contributed by atoms with van der Waals surface area (Å²) in [4.78, 5) is 8.25. The van der Waals surface area contributed by atoms with Gasteiger partial charge in [-0.1, -0.05) is 33.0 Å². The summed E-state index contributed by atoms with van der Waals surface area (Å²) in [5, 5.41) is 21.7. The first-order valence-corrected chi connectivity index (χ1v) is 8.33. The molecule has 7 nitrogen and oxygen atoms in total. The lowest BCUT2D eigenvalue weighted by molar-refractivity contribution is -0.394. The second-order valence-electron chi connectivity index (χ2n) is 4.78. The van der Waals surface area contributed by atoms with Gasteiger partial charge in [0, 0.05) is 0 Å². The Labute approximate surface area is 163 Å². The van der Waals surface area contributed by atoms with Crippen LogP contribution >= 0.6 is 23.2 Å². The Morgan fingerprint density at radius 2 is 1.68 bits per heavy atom. The fourth-order valence-electron chi connectivity index (χ4n) is 2.00. The molecule has 2 aromatic rings. The van der Waals surface area contributed by atoms with E-state index in [4.69, 9.17) is 28.5 Å². The van der Waals surface area contributed by atoms with E-state index < -0.39 is 65.5 Å². The number of hydrogen-bond donors (Lipinski definition) is 0. The van der Waals surface area contributed by atoms with Crippen molar-refractivity contribution in [3.63, 3.8) is 0 Å². The zero-order valence-corrected chi connectivity index (χ0v) is 14.9. The third kappa shape index (κ3) is 3.97. The molecular formula is C12H2Cl2F6N4O3S. The van der Waals surface area contributed by atoms with E-state index in [1.54, 1.807) is 0 Å². The van der Waals surface area contributed by atoms with Crippen molar-refractivity contribution in [1.29, 1.82) is 5.26 Å². The minimum absolute atomic E-state index is 0.0301. The summed E-state index contributed by atoms with van der Waals surface area (Å²) in [6.45, 7) is 0. The fraction of sp³-hybridized carbons (Fsp3) is 0.167. The maximum absolute atomic E-state index is 12.8. The van der Waals surface area contributed by atoms with Crippen LogP contribution in [0.1, 0.15) is 11.3 Å². The Morgan fingerprint density at radius 1 is 1.18 bits per heavy atom. The van der Waals surface area contributed by atoms with Crippen LogP contribution in [0.5, 0.6) is 0 Å². The van der Waals surface area contributed by atoms with Crippen molar-refractivity contribution in [2.24, 2.45) is 0 Å². The van der Waals surface area contributed by atoms with Gasteiger partial charge in [-0.3, -0.25) is 0 Å². The molecule has 1 aromatic heterocycles. The average Bonchev–Trinajstić information content (AvgIpc) is 2.90. The van der Waals surface area contributed by atoms with Crippen LogP contribution in [0.25, 0.3) is 5.69 Å². The average molecular weight is 467 g/mol. The second kappa shape index (κ2) is 7.32. The molecule has 28 heavy (non-hydrogen) atoms. The molecule has 1 atom stereocenters. The molecule has 0 saturated carbocycles. The van der Waals surface area contributed by atoms with Crippen molar-refractivity contribution in [1.82, 2.24) is 9.78 Å². The largest absolute Gasteiger partial charge is 0.604 e. The maximum atomic E-state index is 12.8. The van der Waals surface area contributed by atoms with Crippen LogP contribution in [0, 0.1) is 21.4 Å². The summed E-state index contributed by atoms with van der Waals surface area (Å²) in [6, 6.07) is 1.73. The lowest BCUT2D eigenvalue weighted by Gasteiger charge is -2.11. The highest BCUT2D eigenvalue weighted by molar-refractivity contribution is 7.92. The predicted molar refractivity (Wildman–Crippen MR) is 82.4 cm³/mol. The Morgan fingerprint density at radius 3 is 2.04 bits per heavy atom. The molecule has 1 aromatic carbocycles. The molecule has 0 spiro atoms. The highest BCUT2D eigenvalue weighted by Crippen LogP contribution is 2.42. The number of nitro groups is 1. The van der Waals surface area contributed by atoms with E-state index in [9.17, 15) is 41.0 Å². The summed E-state index contributed by atoms with van der Waals surface area (Å²) in [5.74, 6) is -1.59. The van der Waals surface area contributed by atoms with Gasteiger partial charge in [-0.05, 0) is 17.1 Å². The Balaban J connectivity index is 2.87. The minimum Gasteiger partial charge on any atom is -0.604 e. The molecule has 2 rings (SSSR count). The molecule has 0 aliphatic heterocycles. The first-order chi connectivity index (χ1) is 12.7. The summed E-state index contributed by atoms with van der Waals surface area (Å²) in [5.41, 5.74) is -8.88. The van der Waals surface area contributed by atoms with Crippen LogP contribution in [0.2, 0.25) is 10.0 Å². The van der Waals surface area contributed by atoms with Crippen LogP contribution in [0.4, 0.5) is 32.2 Å². The van der Waals surface area contributed by atoms with E-state index in [0.29, 0.717) is 12.1 Å². The lowest BCUT2D eigenvalue weighted by atomic mass is 10.2. The van der Waals surface area contributed by atoms with Gasteiger partial charge in [-0.25, -0.2) is 0 Å². The van der Waals surface area contributed by atoms with Gasteiger partial charge >= 0.3 is 17.5 Å². The van der Waals surface area contributed by atoms with E-state index >= 15 is 0 Å². The SMILES string of the molecule is N#Cc1nn(-c2c(Cl)cc(C(F)(F)F)cc2Cl)c([N+](=O)[O-])c1[S+]([O-])C(F)(F)F. The zero-order valence-electron chi connectivity index (χ0n) is 12.6. The van der Waals surface area contributed by atoms with Gasteiger partial charge < -0.3 is 14.7 Å². The number of aromatic nitrogens is 2. The van der Waals surface area contributed by atoms with Gasteiger partial charge in [-0.15, -0.1) is 13.2 Å². The molecule has 0 aliphatic rings. The third-order valence-electron chi connectivity index (χ3n) is 3.05. The number of alkyl halides is 6. The Kier molecular flexibility index (Phi) is 5.77. The molecule has 0 N–H and O–H groups in total. The Hall–Kier alpha value is -2.21. The highest BCUT2D eigenvalue weighted by atomic mass is 35.5. The number of hydrogen-bond acceptors (Lipinski definition) is 5. The third-order valence-corrected chi connectivity index (χ3v) is 4.79. The van der Waals surface area contributed by atoms with Crippen molar-refractivity contribution in [3.05, 3.63) is 43.5 Å². The van der Waals surface area contributed by atoms with Crippen LogP contribution in [0.3, 0.4) is 0 Å². The molecule has 0 fully saturated rings. The molecule has 0 radical (unpaired) electrons. The van der Waals surface area contributed by atoms with E-state index in [1.165, 1.54) is 0 Å². The molecule has 150 valence electrons. The molecular weight excluding hydrogens is 465 g/mol. The van der Waals surface area contributed by atoms with Gasteiger partial charge in [0.15, 0.2) is 5.69 Å². The number of nitrogens with zero attached hydrogens (tertiary/aromatic N) is 4. The van der Waals surface area contributed by atoms with Gasteiger partial charge in [0.1, 0.15) is 17.2 Å². The van der Waals surface area contributed by atoms with Gasteiger partial charge in [0.05, 0.1) is 15.6 Å². The van der Waals surface area contributed by atoms with Crippen LogP contribution in [-0.2, 0) is 17.4 Å². The zero-order chi connectivity index (χ0) is 21.6. The lowest BCUT2D eigenvalue weighted by Crippen LogP contribution is -2.24. The molecule has 16 heteroatoms. The van der Waals surface area contributed by atoms with Crippen LogP contribution < -0.4 is 0 Å². The van der Waals surface area contributed by atoms with Crippen molar-refractivity contribution in [2.45, 2.75) is 16.6 Å². The number of halogens is 8. The van der Waals surface area contributed by atoms with Gasteiger partial charge in [0.2, 0.25) is 5.69 Å².